The number of hydrogen-bond acceptors (Lipinski definition) is 2. The van der Waals surface area contributed by atoms with Crippen molar-refractivity contribution in [3.63, 3.8) is 0 Å². The third kappa shape index (κ3) is 14.6. The molecule has 0 N–H and O–H groups in total. The first-order chi connectivity index (χ1) is 62.5. The Bertz CT molecular complexity index is 7720. The first kappa shape index (κ1) is 75.7. The summed E-state index contributed by atoms with van der Waals surface area (Å²) in [5, 5.41) is 9.52. The molecule has 0 bridgehead atoms. The first-order valence-corrected chi connectivity index (χ1v) is 43.4. The van der Waals surface area contributed by atoms with Crippen LogP contribution in [0.5, 0.6) is 0 Å². The van der Waals surface area contributed by atoms with Crippen molar-refractivity contribution in [2.75, 3.05) is 9.80 Å². The zero-order chi connectivity index (χ0) is 83.6. The van der Waals surface area contributed by atoms with E-state index >= 15 is 0 Å². The molecule has 2 heteroatoms. The van der Waals surface area contributed by atoms with Crippen LogP contribution in [0.1, 0.15) is 0 Å². The molecule has 0 radical (unpaired) electrons. The van der Waals surface area contributed by atoms with Crippen molar-refractivity contribution in [3.8, 4) is 145 Å². The van der Waals surface area contributed by atoms with Crippen LogP contribution in [0.4, 0.5) is 34.1 Å². The van der Waals surface area contributed by atoms with Gasteiger partial charge in [-0.3, -0.25) is 0 Å². The number of para-hydroxylation sites is 2. The smallest absolute Gasteiger partial charge is 0.0625 e. The lowest BCUT2D eigenvalue weighted by Gasteiger charge is -2.33. The zero-order valence-corrected chi connectivity index (χ0v) is 69.4. The highest BCUT2D eigenvalue weighted by atomic mass is 15.2. The fourth-order valence-corrected chi connectivity index (χ4v) is 18.8. The van der Waals surface area contributed by atoms with Gasteiger partial charge < -0.3 is 9.80 Å². The summed E-state index contributed by atoms with van der Waals surface area (Å²) in [6.07, 6.45) is 0. The predicted molar refractivity (Wildman–Crippen MR) is 537 cm³/mol. The summed E-state index contributed by atoms with van der Waals surface area (Å²) < 4.78 is 0. The molecule has 22 aromatic carbocycles. The Morgan fingerprint density at radius 2 is 0.341 bits per heavy atom. The van der Waals surface area contributed by atoms with Gasteiger partial charge in [0.2, 0.25) is 0 Å². The van der Waals surface area contributed by atoms with Crippen LogP contribution >= 0.6 is 0 Å². The van der Waals surface area contributed by atoms with Crippen LogP contribution in [-0.2, 0) is 0 Å². The van der Waals surface area contributed by atoms with Crippen LogP contribution in [0.3, 0.4) is 0 Å². The molecule has 0 aliphatic rings. The van der Waals surface area contributed by atoms with E-state index in [1.54, 1.807) is 0 Å². The maximum Gasteiger partial charge on any atom is 0.0625 e. The summed E-state index contributed by atoms with van der Waals surface area (Å²) in [7, 11) is 0. The van der Waals surface area contributed by atoms with Gasteiger partial charge in [0, 0.05) is 44.5 Å². The summed E-state index contributed by atoms with van der Waals surface area (Å²) in [4.78, 5) is 5.04. The monoisotopic (exact) mass is 1600 g/mol. The van der Waals surface area contributed by atoms with E-state index in [0.29, 0.717) is 0 Å². The average molecular weight is 1600 g/mol. The van der Waals surface area contributed by atoms with Crippen molar-refractivity contribution in [2.24, 2.45) is 0 Å². The minimum absolute atomic E-state index is 1.04. The summed E-state index contributed by atoms with van der Waals surface area (Å²) in [6.45, 7) is 0. The minimum atomic E-state index is 1.04. The summed E-state index contributed by atoms with van der Waals surface area (Å²) in [6, 6.07) is 188. The second-order valence-electron chi connectivity index (χ2n) is 32.6. The van der Waals surface area contributed by atoms with Crippen LogP contribution in [0, 0.1) is 0 Å². The third-order valence-corrected chi connectivity index (χ3v) is 25.0. The van der Waals surface area contributed by atoms with Gasteiger partial charge >= 0.3 is 0 Å². The Morgan fingerprint density at radius 1 is 0.111 bits per heavy atom. The molecule has 0 fully saturated rings. The maximum atomic E-state index is 2.58. The van der Waals surface area contributed by atoms with Crippen molar-refractivity contribution < 1.29 is 0 Å². The van der Waals surface area contributed by atoms with Crippen LogP contribution in [0.2, 0.25) is 0 Å². The fourth-order valence-electron chi connectivity index (χ4n) is 18.8. The van der Waals surface area contributed by atoms with Crippen LogP contribution in [0.25, 0.3) is 188 Å². The molecular formula is C124H84N2. The quantitative estimate of drug-likeness (QED) is 0.0745. The van der Waals surface area contributed by atoms with Crippen molar-refractivity contribution >= 4 is 77.2 Å². The Labute approximate surface area is 736 Å². The Hall–Kier alpha value is -16.5. The Balaban J connectivity index is 0.590. The van der Waals surface area contributed by atoms with E-state index in [1.807, 2.05) is 0 Å². The molecule has 0 heterocycles. The molecule has 0 unspecified atom stereocenters. The van der Waals surface area contributed by atoms with Crippen molar-refractivity contribution in [2.45, 2.75) is 0 Å². The standard InChI is InChI=1S/C124H84N2/c1-6-29-85(30-7-1)88-55-57-89(58-56-88)90-63-65-94(66-64-90)96-75-77-109(78-76-96)125(108-43-14-5-15-44-108)123-118-52-22-18-48-114(118)112-46-16-20-50-116(112)121(123)99-73-71-95(72-74-99)92-61-59-91(60-62-92)93-67-69-97(70-68-93)101-38-27-41-104(80-101)107-82-106(87-33-10-3-11-34-87)83-110(84-107)126(120-54-25-24-45-111(120)98-35-12-4-13-36-98)124-119-53-23-19-49-115(119)113-47-17-21-51-117(113)122(124)105-42-28-40-103(81-105)102-39-26-37-100(79-102)86-31-8-2-9-32-86/h1-84H. The van der Waals surface area contributed by atoms with E-state index < -0.39 is 0 Å². The minimum Gasteiger partial charge on any atom is -0.309 e. The lowest BCUT2D eigenvalue weighted by Crippen LogP contribution is -2.14. The molecule has 0 aliphatic carbocycles. The molecular weight excluding hydrogens is 1520 g/mol. The van der Waals surface area contributed by atoms with E-state index in [1.165, 1.54) is 82.2 Å². The topological polar surface area (TPSA) is 6.48 Å². The maximum absolute atomic E-state index is 2.58. The molecule has 0 aromatic heterocycles. The van der Waals surface area contributed by atoms with Gasteiger partial charge in [0.25, 0.3) is 0 Å². The van der Waals surface area contributed by atoms with E-state index in [4.69, 9.17) is 0 Å². The molecule has 0 atom stereocenters. The van der Waals surface area contributed by atoms with Gasteiger partial charge in [0.15, 0.2) is 0 Å². The normalized spacial score (nSPS) is 11.3. The fraction of sp³-hybridized carbons (Fsp3) is 0. The highest BCUT2D eigenvalue weighted by Crippen LogP contribution is 2.55. The highest BCUT2D eigenvalue weighted by molar-refractivity contribution is 6.24. The van der Waals surface area contributed by atoms with Crippen molar-refractivity contribution in [1.82, 2.24) is 0 Å². The SMILES string of the molecule is c1ccc(-c2ccc(-c3ccc(-c4ccc(N(c5ccccc5)c5c(-c6ccc(-c7ccc(-c8ccc(-c9cccc(-c%10cc(-c%11ccccc%11)cc(N(c%11ccccc%11-c%11ccccc%11)c%11c(-c%12cccc(-c%13cccc(-c%14ccccc%14)c%13)c%12)c%12ccccc%12c%12ccccc%11%12)c%10)c9)cc8)cc7)cc6)c6ccccc6c6ccccc56)cc4)cc3)cc2)cc1. The molecule has 2 nitrogen and oxygen atoms in total. The van der Waals surface area contributed by atoms with E-state index in [0.717, 1.165) is 140 Å². The Kier molecular flexibility index (Phi) is 20.1. The molecule has 0 aliphatic heterocycles. The van der Waals surface area contributed by atoms with Crippen LogP contribution in [-0.4, -0.2) is 0 Å². The van der Waals surface area contributed by atoms with Crippen LogP contribution < -0.4 is 9.80 Å². The predicted octanol–water partition coefficient (Wildman–Crippen LogP) is 34.9. The molecule has 0 amide bonds. The van der Waals surface area contributed by atoms with E-state index in [-0.39, 0.29) is 0 Å². The first-order valence-electron chi connectivity index (χ1n) is 43.4. The number of nitrogens with zero attached hydrogens (tertiary/aromatic N) is 2. The van der Waals surface area contributed by atoms with Gasteiger partial charge in [-0.05, 0) is 227 Å². The second kappa shape index (κ2) is 33.5. The largest absolute Gasteiger partial charge is 0.309 e. The molecule has 0 saturated heterocycles. The summed E-state index contributed by atoms with van der Waals surface area (Å²) in [5.41, 5.74) is 36.6. The molecule has 0 saturated carbocycles. The molecule has 126 heavy (non-hydrogen) atoms. The van der Waals surface area contributed by atoms with E-state index in [9.17, 15) is 0 Å². The van der Waals surface area contributed by atoms with Gasteiger partial charge in [-0.15, -0.1) is 0 Å². The molecule has 590 valence electrons. The molecule has 0 spiro atoms. The lowest BCUT2D eigenvalue weighted by atomic mass is 9.88. The zero-order valence-electron chi connectivity index (χ0n) is 69.4. The average Bonchev–Trinajstić information content (AvgIpc) is 0.725. The van der Waals surface area contributed by atoms with Gasteiger partial charge in [0.05, 0.1) is 17.1 Å². The van der Waals surface area contributed by atoms with Crippen LogP contribution in [0.15, 0.2) is 510 Å². The second-order valence-corrected chi connectivity index (χ2v) is 32.6. The van der Waals surface area contributed by atoms with Crippen molar-refractivity contribution in [1.29, 1.82) is 0 Å². The number of anilines is 6. The number of rotatable bonds is 19. The number of fused-ring (bicyclic) bond motifs is 6. The molecule has 22 rings (SSSR count). The summed E-state index contributed by atoms with van der Waals surface area (Å²) >= 11 is 0. The van der Waals surface area contributed by atoms with Crippen molar-refractivity contribution in [3.05, 3.63) is 510 Å². The van der Waals surface area contributed by atoms with Gasteiger partial charge in [0.1, 0.15) is 0 Å². The summed E-state index contributed by atoms with van der Waals surface area (Å²) in [5.74, 6) is 0. The lowest BCUT2D eigenvalue weighted by molar-refractivity contribution is 1.30. The number of hydrogen-bond donors (Lipinski definition) is 0. The number of benzene rings is 22. The third-order valence-electron chi connectivity index (χ3n) is 25.0. The van der Waals surface area contributed by atoms with Gasteiger partial charge in [-0.1, -0.05) is 443 Å². The van der Waals surface area contributed by atoms with Gasteiger partial charge in [-0.2, -0.15) is 0 Å². The molecule has 22 aromatic rings. The highest BCUT2D eigenvalue weighted by Gasteiger charge is 2.29. The Morgan fingerprint density at radius 3 is 0.762 bits per heavy atom. The van der Waals surface area contributed by atoms with Gasteiger partial charge in [-0.25, -0.2) is 0 Å². The van der Waals surface area contributed by atoms with E-state index in [2.05, 4.69) is 519 Å².